The van der Waals surface area contributed by atoms with Crippen molar-refractivity contribution in [3.63, 3.8) is 0 Å². The maximum Gasteiger partial charge on any atom is 0.416 e. The summed E-state index contributed by atoms with van der Waals surface area (Å²) in [5.74, 6) is -0.484. The number of aromatic amines is 1. The largest absolute Gasteiger partial charge is 0.416 e. The number of alkyl halides is 3. The van der Waals surface area contributed by atoms with Gasteiger partial charge in [-0.3, -0.25) is 9.59 Å². The van der Waals surface area contributed by atoms with Crippen LogP contribution in [-0.4, -0.2) is 26.6 Å². The predicted octanol–water partition coefficient (Wildman–Crippen LogP) is 5.50. The number of thiocarbonyl (C=S) groups is 1. The van der Waals surface area contributed by atoms with E-state index in [0.717, 1.165) is 17.7 Å². The number of ketones is 1. The first-order valence-corrected chi connectivity index (χ1v) is 10.9. The average Bonchev–Trinajstić information content (AvgIpc) is 3.26. The highest BCUT2D eigenvalue weighted by molar-refractivity contribution is 7.80. The van der Waals surface area contributed by atoms with Gasteiger partial charge < -0.3 is 15.6 Å². The highest BCUT2D eigenvalue weighted by Gasteiger charge is 2.30. The van der Waals surface area contributed by atoms with Crippen LogP contribution in [0.1, 0.15) is 44.5 Å². The molecule has 2 aromatic carbocycles. The molecule has 0 aliphatic rings. The molecule has 0 unspecified atom stereocenters. The zero-order chi connectivity index (χ0) is 25.2. The van der Waals surface area contributed by atoms with Crippen LogP contribution in [0.2, 0.25) is 0 Å². The topological polar surface area (TPSA) is 86.9 Å². The van der Waals surface area contributed by atoms with Gasteiger partial charge in [0.15, 0.2) is 5.78 Å². The molecule has 6 nitrogen and oxygen atoms in total. The van der Waals surface area contributed by atoms with Gasteiger partial charge >= 0.3 is 6.18 Å². The summed E-state index contributed by atoms with van der Waals surface area (Å²) in [5.41, 5.74) is 2.01. The number of pyridine rings is 1. The summed E-state index contributed by atoms with van der Waals surface area (Å²) in [6, 6.07) is 14.9. The van der Waals surface area contributed by atoms with Crippen LogP contribution in [0.15, 0.2) is 66.9 Å². The van der Waals surface area contributed by atoms with Crippen molar-refractivity contribution >= 4 is 45.6 Å². The van der Waals surface area contributed by atoms with Gasteiger partial charge in [-0.15, -0.1) is 0 Å². The van der Waals surface area contributed by atoms with Gasteiger partial charge in [-0.05, 0) is 42.0 Å². The van der Waals surface area contributed by atoms with Gasteiger partial charge in [0.25, 0.3) is 5.91 Å². The number of H-pyrrole nitrogens is 1. The van der Waals surface area contributed by atoms with E-state index in [0.29, 0.717) is 28.0 Å². The zero-order valence-corrected chi connectivity index (χ0v) is 19.2. The molecule has 0 radical (unpaired) electrons. The second-order valence-electron chi connectivity index (χ2n) is 7.82. The van der Waals surface area contributed by atoms with Crippen molar-refractivity contribution < 1.29 is 22.8 Å². The molecular weight excluding hydrogens is 477 g/mol. The van der Waals surface area contributed by atoms with Crippen molar-refractivity contribution in [1.82, 2.24) is 15.3 Å². The molecule has 0 spiro atoms. The lowest BCUT2D eigenvalue weighted by molar-refractivity contribution is -0.137. The van der Waals surface area contributed by atoms with Crippen molar-refractivity contribution in [2.45, 2.75) is 19.6 Å². The number of hydrogen-bond acceptors (Lipinski definition) is 4. The van der Waals surface area contributed by atoms with E-state index in [-0.39, 0.29) is 28.8 Å². The molecule has 2 heterocycles. The Morgan fingerprint density at radius 2 is 1.77 bits per heavy atom. The minimum absolute atomic E-state index is 0.119. The lowest BCUT2D eigenvalue weighted by atomic mass is 10.1. The monoisotopic (exact) mass is 496 g/mol. The van der Waals surface area contributed by atoms with E-state index in [1.165, 1.54) is 25.3 Å². The summed E-state index contributed by atoms with van der Waals surface area (Å²) in [5, 5.41) is 6.40. The van der Waals surface area contributed by atoms with Crippen molar-refractivity contribution in [2.75, 3.05) is 5.32 Å². The van der Waals surface area contributed by atoms with E-state index in [2.05, 4.69) is 20.6 Å². The summed E-state index contributed by atoms with van der Waals surface area (Å²) >= 11 is 5.24. The molecule has 0 fully saturated rings. The predicted molar refractivity (Wildman–Crippen MR) is 130 cm³/mol. The molecule has 35 heavy (non-hydrogen) atoms. The Kier molecular flexibility index (Phi) is 6.65. The molecule has 0 aliphatic carbocycles. The van der Waals surface area contributed by atoms with E-state index >= 15 is 0 Å². The molecule has 1 amide bonds. The molecule has 0 saturated carbocycles. The fraction of sp³-hybridized carbons (Fsp3) is 0.120. The first-order chi connectivity index (χ1) is 16.6. The lowest BCUT2D eigenvalue weighted by Gasteiger charge is -2.12. The summed E-state index contributed by atoms with van der Waals surface area (Å²) in [6.07, 6.45) is -2.97. The lowest BCUT2D eigenvalue weighted by Crippen LogP contribution is -2.22. The van der Waals surface area contributed by atoms with Gasteiger partial charge in [0, 0.05) is 30.0 Å². The number of benzene rings is 2. The van der Waals surface area contributed by atoms with E-state index in [4.69, 9.17) is 12.2 Å². The zero-order valence-electron chi connectivity index (χ0n) is 18.4. The van der Waals surface area contributed by atoms with Gasteiger partial charge in [-0.2, -0.15) is 13.2 Å². The number of aromatic nitrogens is 2. The second-order valence-corrected chi connectivity index (χ2v) is 8.23. The molecule has 4 rings (SSSR count). The van der Waals surface area contributed by atoms with Crippen LogP contribution in [0.5, 0.6) is 0 Å². The third-order valence-corrected chi connectivity index (χ3v) is 5.58. The van der Waals surface area contributed by atoms with Gasteiger partial charge in [0.1, 0.15) is 10.6 Å². The molecule has 0 aliphatic heterocycles. The van der Waals surface area contributed by atoms with Crippen LogP contribution < -0.4 is 10.6 Å². The normalized spacial score (nSPS) is 11.3. The standard InChI is InChI=1S/C25H19F3N4O2S/c1-14(33)21-11-18-10-20(13-29-22(18)32-21)31-23(34)16-5-2-4-15(8-16)12-30-24(35)17-6-3-7-19(9-17)25(26,27)28/h2-11,13H,12H2,1H3,(H,29,32)(H,30,35)(H,31,34). The molecule has 4 aromatic rings. The SMILES string of the molecule is CC(=O)c1cc2cc(NC(=O)c3cccc(CNC(=S)c4cccc(C(F)(F)F)c4)c3)cnc2[nH]1. The fourth-order valence-corrected chi connectivity index (χ4v) is 3.62. The number of rotatable bonds is 6. The van der Waals surface area contributed by atoms with Crippen LogP contribution >= 0.6 is 12.2 Å². The average molecular weight is 497 g/mol. The Balaban J connectivity index is 1.42. The van der Waals surface area contributed by atoms with Gasteiger partial charge in [0.05, 0.1) is 23.1 Å². The summed E-state index contributed by atoms with van der Waals surface area (Å²) in [4.78, 5) is 31.6. The van der Waals surface area contributed by atoms with E-state index in [1.807, 2.05) is 0 Å². The molecule has 2 aromatic heterocycles. The number of carbonyl (C=O) groups excluding carboxylic acids is 2. The van der Waals surface area contributed by atoms with Crippen molar-refractivity contribution in [1.29, 1.82) is 0 Å². The van der Waals surface area contributed by atoms with Gasteiger partial charge in [-0.1, -0.05) is 36.5 Å². The Morgan fingerprint density at radius 1 is 1.03 bits per heavy atom. The molecule has 0 bridgehead atoms. The number of carbonyl (C=O) groups is 2. The third kappa shape index (κ3) is 5.72. The summed E-state index contributed by atoms with van der Waals surface area (Å²) in [6.45, 7) is 1.67. The number of halogens is 3. The Bertz CT molecular complexity index is 1450. The summed E-state index contributed by atoms with van der Waals surface area (Å²) < 4.78 is 38.8. The van der Waals surface area contributed by atoms with Crippen molar-refractivity contribution in [3.8, 4) is 0 Å². The molecule has 178 valence electrons. The highest BCUT2D eigenvalue weighted by Crippen LogP contribution is 2.29. The van der Waals surface area contributed by atoms with E-state index in [1.54, 1.807) is 36.4 Å². The first-order valence-electron chi connectivity index (χ1n) is 10.5. The maximum atomic E-state index is 12.9. The quantitative estimate of drug-likeness (QED) is 0.242. The van der Waals surface area contributed by atoms with Crippen LogP contribution in [0.4, 0.5) is 18.9 Å². The number of anilines is 1. The molecule has 10 heteroatoms. The number of Topliss-reactive ketones (excluding diaryl/α,β-unsaturated/α-hetero) is 1. The van der Waals surface area contributed by atoms with Gasteiger partial charge in [-0.25, -0.2) is 4.98 Å². The van der Waals surface area contributed by atoms with Crippen LogP contribution in [0, 0.1) is 0 Å². The molecular formula is C25H19F3N4O2S. The van der Waals surface area contributed by atoms with Crippen molar-refractivity contribution in [3.05, 3.63) is 94.8 Å². The first kappa shape index (κ1) is 24.1. The number of fused-ring (bicyclic) bond motifs is 1. The minimum atomic E-state index is -4.45. The van der Waals surface area contributed by atoms with E-state index < -0.39 is 11.7 Å². The Morgan fingerprint density at radius 3 is 2.51 bits per heavy atom. The van der Waals surface area contributed by atoms with Crippen molar-refractivity contribution in [2.24, 2.45) is 0 Å². The van der Waals surface area contributed by atoms with Crippen LogP contribution in [0.25, 0.3) is 11.0 Å². The molecule has 0 atom stereocenters. The second kappa shape index (κ2) is 9.67. The fourth-order valence-electron chi connectivity index (χ4n) is 3.42. The Hall–Kier alpha value is -4.05. The number of amides is 1. The number of nitrogens with zero attached hydrogens (tertiary/aromatic N) is 1. The van der Waals surface area contributed by atoms with Gasteiger partial charge in [0.2, 0.25) is 0 Å². The highest BCUT2D eigenvalue weighted by atomic mass is 32.1. The Labute approximate surface area is 203 Å². The number of nitrogens with one attached hydrogen (secondary N) is 3. The molecule has 3 N–H and O–H groups in total. The third-order valence-electron chi connectivity index (χ3n) is 5.20. The smallest absolute Gasteiger partial charge is 0.372 e. The molecule has 0 saturated heterocycles. The van der Waals surface area contributed by atoms with Crippen LogP contribution in [-0.2, 0) is 12.7 Å². The van der Waals surface area contributed by atoms with Crippen LogP contribution in [0.3, 0.4) is 0 Å². The minimum Gasteiger partial charge on any atom is -0.372 e. The van der Waals surface area contributed by atoms with E-state index in [9.17, 15) is 22.8 Å². The maximum absolute atomic E-state index is 12.9. The number of hydrogen-bond donors (Lipinski definition) is 3. The summed E-state index contributed by atoms with van der Waals surface area (Å²) in [7, 11) is 0.